The molecule has 0 amide bonds. The highest BCUT2D eigenvalue weighted by molar-refractivity contribution is 5.50. The first kappa shape index (κ1) is 20.3. The zero-order valence-corrected chi connectivity index (χ0v) is 15.4. The van der Waals surface area contributed by atoms with Crippen molar-refractivity contribution in [3.8, 4) is 0 Å². The number of hydrogen-bond donors (Lipinski definition) is 0. The minimum Gasteiger partial charge on any atom is -0.369 e. The Morgan fingerprint density at radius 2 is 2.04 bits per heavy atom. The van der Waals surface area contributed by atoms with Gasteiger partial charge in [-0.2, -0.15) is 18.3 Å². The van der Waals surface area contributed by atoms with Crippen molar-refractivity contribution in [2.24, 2.45) is 0 Å². The summed E-state index contributed by atoms with van der Waals surface area (Å²) in [5.41, 5.74) is 0.125. The molecule has 0 bridgehead atoms. The first-order valence-corrected chi connectivity index (χ1v) is 9.18. The quantitative estimate of drug-likeness (QED) is 0.747. The molecule has 0 saturated carbocycles. The van der Waals surface area contributed by atoms with Gasteiger partial charge in [-0.3, -0.25) is 4.68 Å². The molecule has 2 heterocycles. The third kappa shape index (κ3) is 6.04. The SMILES string of the molecule is CC1CCCCN1c1cccc(C(F)(F)F)c1.CCCCn1cncn1. The van der Waals surface area contributed by atoms with Gasteiger partial charge in [0, 0.05) is 24.8 Å². The van der Waals surface area contributed by atoms with Crippen LogP contribution in [0.3, 0.4) is 0 Å². The average Bonchev–Trinajstić information content (AvgIpc) is 3.14. The molecule has 1 atom stereocenters. The highest BCUT2D eigenvalue weighted by Gasteiger charge is 2.31. The van der Waals surface area contributed by atoms with Gasteiger partial charge in [-0.15, -0.1) is 0 Å². The van der Waals surface area contributed by atoms with Gasteiger partial charge in [-0.1, -0.05) is 19.4 Å². The molecule has 1 aliphatic heterocycles. The molecule has 1 aliphatic rings. The van der Waals surface area contributed by atoms with Crippen molar-refractivity contribution in [3.63, 3.8) is 0 Å². The van der Waals surface area contributed by atoms with E-state index in [4.69, 9.17) is 0 Å². The molecule has 3 rings (SSSR count). The summed E-state index contributed by atoms with van der Waals surface area (Å²) in [6, 6.07) is 5.95. The molecule has 0 N–H and O–H groups in total. The molecule has 0 spiro atoms. The van der Waals surface area contributed by atoms with E-state index in [0.29, 0.717) is 11.7 Å². The second-order valence-electron chi connectivity index (χ2n) is 6.60. The molecule has 144 valence electrons. The number of aryl methyl sites for hydroxylation is 1. The Kier molecular flexibility index (Phi) is 7.48. The highest BCUT2D eigenvalue weighted by Crippen LogP contribution is 2.33. The van der Waals surface area contributed by atoms with E-state index in [0.717, 1.165) is 38.4 Å². The predicted octanol–water partition coefficient (Wildman–Crippen LogP) is 5.16. The van der Waals surface area contributed by atoms with Gasteiger partial charge < -0.3 is 4.90 Å². The molecule has 4 nitrogen and oxygen atoms in total. The van der Waals surface area contributed by atoms with E-state index >= 15 is 0 Å². The predicted molar refractivity (Wildman–Crippen MR) is 97.0 cm³/mol. The summed E-state index contributed by atoms with van der Waals surface area (Å²) in [6.07, 6.45) is 4.72. The molecule has 0 aliphatic carbocycles. The van der Waals surface area contributed by atoms with E-state index in [1.807, 2.05) is 4.68 Å². The van der Waals surface area contributed by atoms with Crippen molar-refractivity contribution >= 4 is 5.69 Å². The second kappa shape index (κ2) is 9.59. The molecule has 1 unspecified atom stereocenters. The Morgan fingerprint density at radius 3 is 2.65 bits per heavy atom. The summed E-state index contributed by atoms with van der Waals surface area (Å²) < 4.78 is 39.7. The lowest BCUT2D eigenvalue weighted by molar-refractivity contribution is -0.137. The number of unbranched alkanes of at least 4 members (excludes halogenated alkanes) is 1. The topological polar surface area (TPSA) is 34.0 Å². The van der Waals surface area contributed by atoms with E-state index in [1.54, 1.807) is 18.7 Å². The van der Waals surface area contributed by atoms with E-state index in [9.17, 15) is 13.2 Å². The fourth-order valence-corrected chi connectivity index (χ4v) is 3.01. The smallest absolute Gasteiger partial charge is 0.369 e. The van der Waals surface area contributed by atoms with Crippen LogP contribution in [0.15, 0.2) is 36.9 Å². The number of halogens is 3. The molecule has 1 saturated heterocycles. The number of alkyl halides is 3. The van der Waals surface area contributed by atoms with Crippen LogP contribution in [-0.2, 0) is 12.7 Å². The molecular weight excluding hydrogens is 341 g/mol. The van der Waals surface area contributed by atoms with Crippen molar-refractivity contribution in [1.29, 1.82) is 0 Å². The summed E-state index contributed by atoms with van der Waals surface area (Å²) in [6.45, 7) is 6.08. The molecule has 1 aromatic heterocycles. The third-order valence-corrected chi connectivity index (χ3v) is 4.52. The molecule has 1 aromatic carbocycles. The Balaban J connectivity index is 0.000000228. The summed E-state index contributed by atoms with van der Waals surface area (Å²) in [4.78, 5) is 5.90. The van der Waals surface area contributed by atoms with Crippen LogP contribution in [0.5, 0.6) is 0 Å². The van der Waals surface area contributed by atoms with Crippen molar-refractivity contribution < 1.29 is 13.2 Å². The van der Waals surface area contributed by atoms with Crippen LogP contribution in [0.4, 0.5) is 18.9 Å². The normalized spacial score (nSPS) is 17.6. The Bertz CT molecular complexity index is 640. The minimum absolute atomic E-state index is 0.326. The number of aromatic nitrogens is 3. The Hall–Kier alpha value is -2.05. The Morgan fingerprint density at radius 1 is 1.23 bits per heavy atom. The number of hydrogen-bond acceptors (Lipinski definition) is 3. The van der Waals surface area contributed by atoms with E-state index < -0.39 is 11.7 Å². The lowest BCUT2D eigenvalue weighted by Gasteiger charge is -2.35. The van der Waals surface area contributed by atoms with Crippen LogP contribution in [0.1, 0.15) is 51.5 Å². The summed E-state index contributed by atoms with van der Waals surface area (Å²) >= 11 is 0. The van der Waals surface area contributed by atoms with Gasteiger partial charge in [0.15, 0.2) is 0 Å². The summed E-state index contributed by atoms with van der Waals surface area (Å²) in [5, 5.41) is 3.96. The maximum Gasteiger partial charge on any atom is 0.416 e. The van der Waals surface area contributed by atoms with Crippen LogP contribution in [-0.4, -0.2) is 27.4 Å². The maximum absolute atomic E-state index is 12.6. The van der Waals surface area contributed by atoms with E-state index in [-0.39, 0.29) is 0 Å². The lowest BCUT2D eigenvalue weighted by atomic mass is 10.0. The number of benzene rings is 1. The lowest BCUT2D eigenvalue weighted by Crippen LogP contribution is -2.37. The van der Waals surface area contributed by atoms with E-state index in [2.05, 4.69) is 28.8 Å². The van der Waals surface area contributed by atoms with Crippen LogP contribution >= 0.6 is 0 Å². The van der Waals surface area contributed by atoms with Crippen LogP contribution in [0, 0.1) is 0 Å². The molecule has 1 fully saturated rings. The van der Waals surface area contributed by atoms with Gasteiger partial charge in [0.2, 0.25) is 0 Å². The minimum atomic E-state index is -4.25. The molecule has 0 radical (unpaired) electrons. The fourth-order valence-electron chi connectivity index (χ4n) is 3.01. The number of piperidine rings is 1. The van der Waals surface area contributed by atoms with Gasteiger partial charge in [0.25, 0.3) is 0 Å². The molecule has 7 heteroatoms. The zero-order valence-electron chi connectivity index (χ0n) is 15.4. The third-order valence-electron chi connectivity index (χ3n) is 4.52. The van der Waals surface area contributed by atoms with Crippen molar-refractivity contribution in [2.75, 3.05) is 11.4 Å². The van der Waals surface area contributed by atoms with Gasteiger partial charge in [-0.25, -0.2) is 4.98 Å². The second-order valence-corrected chi connectivity index (χ2v) is 6.60. The Labute approximate surface area is 153 Å². The molecular formula is C19H27F3N4. The number of rotatable bonds is 4. The summed E-state index contributed by atoms with van der Waals surface area (Å²) in [5.74, 6) is 0. The standard InChI is InChI=1S/C13H16F3N.C6H11N3/c1-10-5-2-3-8-17(10)12-7-4-6-11(9-12)13(14,15)16;1-2-3-4-9-6-7-5-8-9/h4,6-7,9-10H,2-3,5,8H2,1H3;5-6H,2-4H2,1H3. The largest absolute Gasteiger partial charge is 0.416 e. The molecule has 2 aromatic rings. The van der Waals surface area contributed by atoms with Crippen LogP contribution < -0.4 is 4.90 Å². The van der Waals surface area contributed by atoms with Crippen LogP contribution in [0.25, 0.3) is 0 Å². The van der Waals surface area contributed by atoms with Crippen molar-refractivity contribution in [1.82, 2.24) is 14.8 Å². The van der Waals surface area contributed by atoms with Crippen LogP contribution in [0.2, 0.25) is 0 Å². The monoisotopic (exact) mass is 368 g/mol. The van der Waals surface area contributed by atoms with Gasteiger partial charge >= 0.3 is 6.18 Å². The van der Waals surface area contributed by atoms with Crippen molar-refractivity contribution in [3.05, 3.63) is 42.5 Å². The first-order chi connectivity index (χ1) is 12.4. The van der Waals surface area contributed by atoms with Gasteiger partial charge in [0.1, 0.15) is 12.7 Å². The molecule has 26 heavy (non-hydrogen) atoms. The van der Waals surface area contributed by atoms with Gasteiger partial charge in [-0.05, 0) is 50.8 Å². The van der Waals surface area contributed by atoms with Gasteiger partial charge in [0.05, 0.1) is 5.56 Å². The maximum atomic E-state index is 12.6. The summed E-state index contributed by atoms with van der Waals surface area (Å²) in [7, 11) is 0. The average molecular weight is 368 g/mol. The zero-order chi connectivity index (χ0) is 19.0. The fraction of sp³-hybridized carbons (Fsp3) is 0.579. The highest BCUT2D eigenvalue weighted by atomic mass is 19.4. The van der Waals surface area contributed by atoms with Crippen molar-refractivity contribution in [2.45, 2.75) is 64.7 Å². The first-order valence-electron chi connectivity index (χ1n) is 9.18. The number of nitrogens with zero attached hydrogens (tertiary/aromatic N) is 4. The van der Waals surface area contributed by atoms with E-state index in [1.165, 1.54) is 25.0 Å². The number of anilines is 1.